The van der Waals surface area contributed by atoms with Crippen molar-refractivity contribution in [1.82, 2.24) is 13.7 Å². The van der Waals surface area contributed by atoms with E-state index in [1.54, 1.807) is 0 Å². The van der Waals surface area contributed by atoms with Gasteiger partial charge in [0.25, 0.3) is 0 Å². The molecular formula is C52H35N3S2. The second-order valence-electron chi connectivity index (χ2n) is 15.1. The number of rotatable bonds is 5. The number of nitrogens with zero attached hydrogens (tertiary/aromatic N) is 3. The van der Waals surface area contributed by atoms with Gasteiger partial charge in [0.05, 0.1) is 50.2 Å². The average Bonchev–Trinajstić information content (AvgIpc) is 4.08. The van der Waals surface area contributed by atoms with Crippen molar-refractivity contribution in [2.24, 2.45) is 0 Å². The minimum atomic E-state index is 1.12. The van der Waals surface area contributed by atoms with Crippen LogP contribution in [0.1, 0.15) is 9.75 Å². The number of hydrogen-bond acceptors (Lipinski definition) is 2. The van der Waals surface area contributed by atoms with Gasteiger partial charge in [-0.2, -0.15) is 0 Å². The summed E-state index contributed by atoms with van der Waals surface area (Å²) in [5.74, 6) is 0. The molecule has 57 heavy (non-hydrogen) atoms. The van der Waals surface area contributed by atoms with Crippen LogP contribution in [-0.2, 0) is 0 Å². The average molecular weight is 766 g/mol. The zero-order valence-electron chi connectivity index (χ0n) is 31.4. The molecule has 0 unspecified atom stereocenters. The molecule has 0 bridgehead atoms. The number of hydrogen-bond donors (Lipinski definition) is 0. The first kappa shape index (κ1) is 32.6. The molecule has 3 nitrogen and oxygen atoms in total. The fourth-order valence-electron chi connectivity index (χ4n) is 9.16. The second-order valence-corrected chi connectivity index (χ2v) is 17.6. The standard InChI is InChI=1S/C52H35N3S2/c1-32-19-25-51(56-32)34-21-23-49-43(27-34)44-28-35(52-26-20-33(2)57-52)22-24-50(44)55(49)38-30-36(53-45-15-7-3-11-39(45)40-12-4-8-16-46(40)53)29-37(31-38)54-47-17-9-5-13-41(47)42-14-6-10-18-48(42)54/h3-31H,1-2H3. The lowest BCUT2D eigenvalue weighted by Crippen LogP contribution is -2.03. The Morgan fingerprint density at radius 3 is 0.930 bits per heavy atom. The highest BCUT2D eigenvalue weighted by Crippen LogP contribution is 2.42. The molecule has 5 heteroatoms. The van der Waals surface area contributed by atoms with Gasteiger partial charge in [-0.25, -0.2) is 0 Å². The minimum Gasteiger partial charge on any atom is -0.309 e. The number of para-hydroxylation sites is 4. The van der Waals surface area contributed by atoms with Crippen LogP contribution in [0.25, 0.3) is 103 Å². The highest BCUT2D eigenvalue weighted by Gasteiger charge is 2.20. The van der Waals surface area contributed by atoms with Gasteiger partial charge in [0.2, 0.25) is 0 Å². The molecule has 0 aliphatic carbocycles. The Labute approximate surface area is 337 Å². The first-order valence-electron chi connectivity index (χ1n) is 19.4. The molecular weight excluding hydrogens is 731 g/mol. The van der Waals surface area contributed by atoms with Gasteiger partial charge in [-0.3, -0.25) is 0 Å². The normalized spacial score (nSPS) is 12.0. The smallest absolute Gasteiger partial charge is 0.0541 e. The summed E-state index contributed by atoms with van der Waals surface area (Å²) in [6.45, 7) is 4.37. The van der Waals surface area contributed by atoms with Crippen LogP contribution < -0.4 is 0 Å². The number of aromatic nitrogens is 3. The first-order valence-corrected chi connectivity index (χ1v) is 21.1. The van der Waals surface area contributed by atoms with Gasteiger partial charge >= 0.3 is 0 Å². The summed E-state index contributed by atoms with van der Waals surface area (Å²) in [4.78, 5) is 5.23. The maximum Gasteiger partial charge on any atom is 0.0541 e. The molecule has 0 amide bonds. The van der Waals surface area contributed by atoms with Crippen LogP contribution >= 0.6 is 22.7 Å². The lowest BCUT2D eigenvalue weighted by Gasteiger charge is -2.17. The number of aryl methyl sites for hydroxylation is 2. The molecule has 0 saturated heterocycles. The van der Waals surface area contributed by atoms with Crippen molar-refractivity contribution in [3.8, 4) is 37.9 Å². The largest absolute Gasteiger partial charge is 0.309 e. The molecule has 270 valence electrons. The number of fused-ring (bicyclic) bond motifs is 9. The van der Waals surface area contributed by atoms with Crippen molar-refractivity contribution in [2.75, 3.05) is 0 Å². The molecule has 0 fully saturated rings. The third-order valence-corrected chi connectivity index (χ3v) is 13.7. The lowest BCUT2D eigenvalue weighted by atomic mass is 10.1. The van der Waals surface area contributed by atoms with Gasteiger partial charge in [-0.15, -0.1) is 22.7 Å². The predicted molar refractivity (Wildman–Crippen MR) is 246 cm³/mol. The molecule has 0 atom stereocenters. The van der Waals surface area contributed by atoms with E-state index in [4.69, 9.17) is 0 Å². The SMILES string of the molecule is Cc1ccc(-c2ccc3c(c2)c2cc(-c4ccc(C)s4)ccc2n3-c2cc(-n3c4ccccc4c4ccccc43)cc(-n3c4ccccc4c4ccccc43)c2)s1. The maximum atomic E-state index is 2.49. The molecule has 0 saturated carbocycles. The molecule has 0 spiro atoms. The maximum absolute atomic E-state index is 2.49. The zero-order chi connectivity index (χ0) is 37.8. The van der Waals surface area contributed by atoms with Crippen molar-refractivity contribution in [1.29, 1.82) is 0 Å². The van der Waals surface area contributed by atoms with Crippen molar-refractivity contribution < 1.29 is 0 Å². The fraction of sp³-hybridized carbons (Fsp3) is 0.0385. The van der Waals surface area contributed by atoms with E-state index >= 15 is 0 Å². The molecule has 0 aliphatic rings. The van der Waals surface area contributed by atoms with Crippen LogP contribution in [0.3, 0.4) is 0 Å². The first-order chi connectivity index (χ1) is 28.1. The number of thiophene rings is 2. The minimum absolute atomic E-state index is 1.12. The lowest BCUT2D eigenvalue weighted by molar-refractivity contribution is 1.10. The van der Waals surface area contributed by atoms with E-state index < -0.39 is 0 Å². The molecule has 0 radical (unpaired) electrons. The van der Waals surface area contributed by atoms with Crippen LogP contribution in [0.4, 0.5) is 0 Å². The van der Waals surface area contributed by atoms with Crippen molar-refractivity contribution in [3.63, 3.8) is 0 Å². The van der Waals surface area contributed by atoms with E-state index in [0.29, 0.717) is 0 Å². The van der Waals surface area contributed by atoms with Crippen molar-refractivity contribution >= 4 is 88.1 Å². The van der Waals surface area contributed by atoms with Gasteiger partial charge in [-0.1, -0.05) is 84.9 Å². The zero-order valence-corrected chi connectivity index (χ0v) is 33.0. The van der Waals surface area contributed by atoms with Crippen LogP contribution in [0, 0.1) is 13.8 Å². The van der Waals surface area contributed by atoms with E-state index in [9.17, 15) is 0 Å². The Hall–Kier alpha value is -6.66. The van der Waals surface area contributed by atoms with Crippen molar-refractivity contribution in [3.05, 3.63) is 186 Å². The highest BCUT2D eigenvalue weighted by atomic mass is 32.1. The molecule has 0 N–H and O–H groups in total. The molecule has 12 aromatic rings. The monoisotopic (exact) mass is 765 g/mol. The van der Waals surface area contributed by atoms with Crippen molar-refractivity contribution in [2.45, 2.75) is 13.8 Å². The summed E-state index contributed by atoms with van der Waals surface area (Å²) in [7, 11) is 0. The van der Waals surface area contributed by atoms with E-state index in [-0.39, 0.29) is 0 Å². The van der Waals surface area contributed by atoms with Gasteiger partial charge in [-0.05, 0) is 116 Å². The van der Waals surface area contributed by atoms with Gasteiger partial charge < -0.3 is 13.7 Å². The van der Waals surface area contributed by atoms with Gasteiger partial charge in [0.15, 0.2) is 0 Å². The molecule has 7 aromatic carbocycles. The van der Waals surface area contributed by atoms with E-state index in [0.717, 1.165) is 17.1 Å². The summed E-state index contributed by atoms with van der Waals surface area (Å²) >= 11 is 3.71. The highest BCUT2D eigenvalue weighted by molar-refractivity contribution is 7.15. The summed E-state index contributed by atoms with van der Waals surface area (Å²) in [6, 6.07) is 65.4. The van der Waals surface area contributed by atoms with Crippen LogP contribution in [0.2, 0.25) is 0 Å². The summed E-state index contributed by atoms with van der Waals surface area (Å²) < 4.78 is 7.40. The molecule has 0 aliphatic heterocycles. The third kappa shape index (κ3) is 4.96. The Morgan fingerprint density at radius 2 is 0.614 bits per heavy atom. The van der Waals surface area contributed by atoms with E-state index in [1.165, 1.54) is 96.1 Å². The molecule has 12 rings (SSSR count). The Morgan fingerprint density at radius 1 is 0.298 bits per heavy atom. The second kappa shape index (κ2) is 12.4. The Bertz CT molecular complexity index is 3230. The third-order valence-electron chi connectivity index (χ3n) is 11.6. The summed E-state index contributed by atoms with van der Waals surface area (Å²) in [5, 5.41) is 7.51. The summed E-state index contributed by atoms with van der Waals surface area (Å²) in [5.41, 5.74) is 13.0. The van der Waals surface area contributed by atoms with Gasteiger partial charge in [0.1, 0.15) is 0 Å². The van der Waals surface area contributed by atoms with E-state index in [2.05, 4.69) is 203 Å². The molecule has 5 heterocycles. The topological polar surface area (TPSA) is 14.8 Å². The quantitative estimate of drug-likeness (QED) is 0.166. The Kier molecular flexibility index (Phi) is 7.10. The molecule has 5 aromatic heterocycles. The van der Waals surface area contributed by atoms with E-state index in [1.807, 2.05) is 22.7 Å². The van der Waals surface area contributed by atoms with Crippen LogP contribution in [0.15, 0.2) is 176 Å². The van der Waals surface area contributed by atoms with Crippen LogP contribution in [0.5, 0.6) is 0 Å². The Balaban J connectivity index is 1.20. The van der Waals surface area contributed by atoms with Gasteiger partial charge in [0, 0.05) is 51.8 Å². The van der Waals surface area contributed by atoms with Crippen LogP contribution in [-0.4, -0.2) is 13.7 Å². The summed E-state index contributed by atoms with van der Waals surface area (Å²) in [6.07, 6.45) is 0. The predicted octanol–water partition coefficient (Wildman–Crippen LogP) is 15.1. The fourth-order valence-corrected chi connectivity index (χ4v) is 10.9. The number of benzene rings is 7.